The Morgan fingerprint density at radius 1 is 1.14 bits per heavy atom. The zero-order valence-electron chi connectivity index (χ0n) is 19.9. The monoisotopic (exact) mass is 576 g/mol. The first-order valence-corrected chi connectivity index (χ1v) is 13.3. The molecule has 3 aromatic carbocycles. The number of ether oxygens (including phenoxy) is 2. The van der Waals surface area contributed by atoms with Gasteiger partial charge < -0.3 is 14.6 Å². The van der Waals surface area contributed by atoms with Gasteiger partial charge in [-0.1, -0.05) is 39.4 Å². The summed E-state index contributed by atoms with van der Waals surface area (Å²) in [5.41, 5.74) is 2.80. The van der Waals surface area contributed by atoms with E-state index in [2.05, 4.69) is 20.9 Å². The second-order valence-electron chi connectivity index (χ2n) is 9.01. The zero-order valence-corrected chi connectivity index (χ0v) is 22.3. The Morgan fingerprint density at radius 3 is 2.68 bits per heavy atom. The maximum Gasteiger partial charge on any atom is 0.301 e. The second-order valence-corrected chi connectivity index (χ2v) is 10.9. The Balaban J connectivity index is 1.52. The highest BCUT2D eigenvalue weighted by Crippen LogP contribution is 2.45. The van der Waals surface area contributed by atoms with Gasteiger partial charge >= 0.3 is 5.91 Å². The van der Waals surface area contributed by atoms with Crippen LogP contribution in [-0.2, 0) is 16.0 Å². The molecule has 2 aliphatic heterocycles. The van der Waals surface area contributed by atoms with Crippen LogP contribution in [-0.4, -0.2) is 35.0 Å². The van der Waals surface area contributed by atoms with E-state index < -0.39 is 17.7 Å². The lowest BCUT2D eigenvalue weighted by atomic mass is 9.94. The number of methoxy groups -OCH3 is 1. The number of carbonyl (C=O) groups excluding carboxylic acids is 2. The third-order valence-corrected chi connectivity index (χ3v) is 8.14. The molecule has 6 rings (SSSR count). The molecule has 4 aromatic rings. The van der Waals surface area contributed by atoms with Crippen LogP contribution < -0.4 is 14.4 Å². The van der Waals surface area contributed by atoms with E-state index in [9.17, 15) is 14.7 Å². The fraction of sp³-hybridized carbons (Fsp3) is 0.179. The minimum absolute atomic E-state index is 0.0241. The van der Waals surface area contributed by atoms with Crippen molar-refractivity contribution in [3.8, 4) is 11.5 Å². The molecule has 0 bridgehead atoms. The highest BCUT2D eigenvalue weighted by Gasteiger charge is 2.48. The minimum Gasteiger partial charge on any atom is -0.507 e. The number of aromatic nitrogens is 1. The van der Waals surface area contributed by atoms with Crippen molar-refractivity contribution in [3.05, 3.63) is 87.4 Å². The van der Waals surface area contributed by atoms with Gasteiger partial charge in [0.25, 0.3) is 5.78 Å². The number of Topliss-reactive ketones (excluding diaryl/α,β-unsaturated/α-hetero) is 1. The molecule has 186 valence electrons. The van der Waals surface area contributed by atoms with Crippen molar-refractivity contribution >= 4 is 60.1 Å². The molecule has 37 heavy (non-hydrogen) atoms. The zero-order chi connectivity index (χ0) is 25.8. The summed E-state index contributed by atoms with van der Waals surface area (Å²) in [4.78, 5) is 33.0. The van der Waals surface area contributed by atoms with Gasteiger partial charge in [-0.25, -0.2) is 4.98 Å². The lowest BCUT2D eigenvalue weighted by Gasteiger charge is -2.23. The van der Waals surface area contributed by atoms with Gasteiger partial charge in [-0.3, -0.25) is 14.5 Å². The highest BCUT2D eigenvalue weighted by molar-refractivity contribution is 9.10. The summed E-state index contributed by atoms with van der Waals surface area (Å²) < 4.78 is 12.8. The third kappa shape index (κ3) is 3.98. The number of fused-ring (bicyclic) bond motifs is 2. The van der Waals surface area contributed by atoms with E-state index in [-0.39, 0.29) is 17.4 Å². The number of ketones is 1. The third-order valence-electron chi connectivity index (χ3n) is 6.59. The maximum atomic E-state index is 13.5. The first kappa shape index (κ1) is 23.7. The molecule has 0 spiro atoms. The molecule has 0 aliphatic carbocycles. The molecule has 2 aliphatic rings. The van der Waals surface area contributed by atoms with Gasteiger partial charge in [0.05, 0.1) is 28.9 Å². The van der Waals surface area contributed by atoms with E-state index in [1.165, 1.54) is 16.2 Å². The fourth-order valence-electron chi connectivity index (χ4n) is 4.84. The van der Waals surface area contributed by atoms with Crippen LogP contribution in [0.1, 0.15) is 29.7 Å². The highest BCUT2D eigenvalue weighted by atomic mass is 79.9. The quantitative estimate of drug-likeness (QED) is 0.181. The lowest BCUT2D eigenvalue weighted by Crippen LogP contribution is -2.29. The number of aliphatic hydroxyl groups excluding tert-OH is 1. The molecule has 1 N–H and O–H groups in total. The van der Waals surface area contributed by atoms with Crippen LogP contribution in [0.4, 0.5) is 5.13 Å². The molecule has 1 amide bonds. The van der Waals surface area contributed by atoms with Crippen molar-refractivity contribution in [3.63, 3.8) is 0 Å². The van der Waals surface area contributed by atoms with Gasteiger partial charge in [0.1, 0.15) is 23.4 Å². The van der Waals surface area contributed by atoms with Gasteiger partial charge in [-0.05, 0) is 66.6 Å². The van der Waals surface area contributed by atoms with Gasteiger partial charge in [0.2, 0.25) is 0 Å². The van der Waals surface area contributed by atoms with Gasteiger partial charge in [0, 0.05) is 16.5 Å². The maximum absolute atomic E-state index is 13.5. The summed E-state index contributed by atoms with van der Waals surface area (Å²) in [5, 5.41) is 11.8. The standard InChI is InChI=1S/C28H21BrN2O5S/c1-14-11-17-12-16(5-10-21(17)36-14)25(32)23-24(15-3-6-18(29)7-4-15)31(27(34)26(23)33)28-30-20-9-8-19(35-2)13-22(20)37-28/h3-10,12-14,24,32H,11H2,1-2H3. The summed E-state index contributed by atoms with van der Waals surface area (Å²) in [5.74, 6) is -0.284. The SMILES string of the molecule is COc1ccc2nc(N3C(=O)C(=O)C(=C(O)c4ccc5c(c4)CC(C)O5)C3c3ccc(Br)cc3)sc2c1. The normalized spacial score (nSPS) is 20.4. The molecule has 1 fully saturated rings. The van der Waals surface area contributed by atoms with Crippen LogP contribution in [0.3, 0.4) is 0 Å². The number of rotatable bonds is 4. The molecule has 0 saturated carbocycles. The molecule has 9 heteroatoms. The van der Waals surface area contributed by atoms with Crippen molar-refractivity contribution in [2.75, 3.05) is 12.0 Å². The van der Waals surface area contributed by atoms with Crippen LogP contribution in [0, 0.1) is 0 Å². The van der Waals surface area contributed by atoms with Crippen molar-refractivity contribution in [2.24, 2.45) is 0 Å². The fourth-order valence-corrected chi connectivity index (χ4v) is 6.12. The largest absolute Gasteiger partial charge is 0.507 e. The summed E-state index contributed by atoms with van der Waals surface area (Å²) in [6, 6.07) is 17.3. The number of aliphatic hydroxyl groups is 1. The molecular weight excluding hydrogens is 556 g/mol. The van der Waals surface area contributed by atoms with Crippen molar-refractivity contribution < 1.29 is 24.2 Å². The van der Waals surface area contributed by atoms with E-state index in [0.717, 1.165) is 20.5 Å². The molecule has 3 heterocycles. The smallest absolute Gasteiger partial charge is 0.301 e. The minimum atomic E-state index is -0.848. The number of benzene rings is 3. The number of hydrogen-bond acceptors (Lipinski definition) is 7. The van der Waals surface area contributed by atoms with E-state index in [1.807, 2.05) is 49.4 Å². The Kier molecular flexibility index (Phi) is 5.77. The number of hydrogen-bond donors (Lipinski definition) is 1. The van der Waals surface area contributed by atoms with Crippen molar-refractivity contribution in [1.29, 1.82) is 0 Å². The summed E-state index contributed by atoms with van der Waals surface area (Å²) in [7, 11) is 1.58. The molecule has 1 saturated heterocycles. The molecule has 2 unspecified atom stereocenters. The van der Waals surface area contributed by atoms with Crippen LogP contribution in [0.25, 0.3) is 16.0 Å². The Bertz CT molecular complexity index is 1610. The predicted molar refractivity (Wildman–Crippen MR) is 145 cm³/mol. The number of nitrogens with zero attached hydrogens (tertiary/aromatic N) is 2. The molecule has 2 atom stereocenters. The van der Waals surface area contributed by atoms with E-state index >= 15 is 0 Å². The average molecular weight is 577 g/mol. The number of anilines is 1. The van der Waals surface area contributed by atoms with Gasteiger partial charge in [0.15, 0.2) is 5.13 Å². The first-order chi connectivity index (χ1) is 17.8. The summed E-state index contributed by atoms with van der Waals surface area (Å²) in [6.45, 7) is 1.98. The molecule has 1 aromatic heterocycles. The molecular formula is C28H21BrN2O5S. The van der Waals surface area contributed by atoms with E-state index in [4.69, 9.17) is 9.47 Å². The average Bonchev–Trinajstić information content (AvgIpc) is 3.55. The van der Waals surface area contributed by atoms with Crippen LogP contribution in [0.2, 0.25) is 0 Å². The Morgan fingerprint density at radius 2 is 1.92 bits per heavy atom. The Hall–Kier alpha value is -3.69. The lowest BCUT2D eigenvalue weighted by molar-refractivity contribution is -0.132. The summed E-state index contributed by atoms with van der Waals surface area (Å²) >= 11 is 4.74. The van der Waals surface area contributed by atoms with E-state index in [0.29, 0.717) is 33.9 Å². The van der Waals surface area contributed by atoms with Gasteiger partial charge in [-0.2, -0.15) is 0 Å². The number of amides is 1. The molecule has 7 nitrogen and oxygen atoms in total. The van der Waals surface area contributed by atoms with Crippen LogP contribution >= 0.6 is 27.3 Å². The predicted octanol–water partition coefficient (Wildman–Crippen LogP) is 6.02. The second kappa shape index (κ2) is 9.00. The summed E-state index contributed by atoms with van der Waals surface area (Å²) in [6.07, 6.45) is 0.745. The number of carbonyl (C=O) groups is 2. The number of halogens is 1. The van der Waals surface area contributed by atoms with E-state index in [1.54, 1.807) is 25.3 Å². The first-order valence-electron chi connectivity index (χ1n) is 11.6. The number of thiazole rings is 1. The van der Waals surface area contributed by atoms with Crippen LogP contribution in [0.5, 0.6) is 11.5 Å². The Labute approximate surface area is 225 Å². The molecule has 0 radical (unpaired) electrons. The van der Waals surface area contributed by atoms with Gasteiger partial charge in [-0.15, -0.1) is 0 Å². The van der Waals surface area contributed by atoms with Crippen molar-refractivity contribution in [2.45, 2.75) is 25.5 Å². The topological polar surface area (TPSA) is 89.0 Å². The van der Waals surface area contributed by atoms with Crippen molar-refractivity contribution in [1.82, 2.24) is 4.98 Å². The van der Waals surface area contributed by atoms with Crippen LogP contribution in [0.15, 0.2) is 70.7 Å².